The largest absolute Gasteiger partial charge is 0.497 e. The number of fused-ring (bicyclic) bond motifs is 1. The van der Waals surface area contributed by atoms with Crippen molar-refractivity contribution < 1.29 is 27.0 Å². The number of sulfone groups is 1. The Morgan fingerprint density at radius 1 is 1.13 bits per heavy atom. The Labute approximate surface area is 181 Å². The van der Waals surface area contributed by atoms with Crippen molar-refractivity contribution in [3.63, 3.8) is 0 Å². The van der Waals surface area contributed by atoms with Crippen molar-refractivity contribution in [2.24, 2.45) is 0 Å². The van der Waals surface area contributed by atoms with E-state index in [-0.39, 0.29) is 27.7 Å². The highest BCUT2D eigenvalue weighted by atomic mass is 32.2. The fourth-order valence-electron chi connectivity index (χ4n) is 3.09. The third-order valence-corrected chi connectivity index (χ3v) is 6.64. The Kier molecular flexibility index (Phi) is 5.77. The van der Waals surface area contributed by atoms with Crippen LogP contribution in [0.5, 0.6) is 17.2 Å². The molecule has 1 N–H and O–H groups in total. The molecule has 0 radical (unpaired) electrons. The van der Waals surface area contributed by atoms with Gasteiger partial charge in [0.2, 0.25) is 26.6 Å². The number of hydrogen-bond donors (Lipinski definition) is 1. The molecular formula is C22H24N2O6S. The first kappa shape index (κ1) is 21.0. The number of oxazole rings is 1. The molecule has 3 aromatic rings. The van der Waals surface area contributed by atoms with E-state index >= 15 is 0 Å². The molecule has 1 aliphatic heterocycles. The predicted molar refractivity (Wildman–Crippen MR) is 115 cm³/mol. The van der Waals surface area contributed by atoms with Gasteiger partial charge in [0.1, 0.15) is 19.0 Å². The number of anilines is 1. The molecule has 8 nitrogen and oxygen atoms in total. The van der Waals surface area contributed by atoms with Crippen LogP contribution in [0.1, 0.15) is 20.3 Å². The molecule has 0 fully saturated rings. The second kappa shape index (κ2) is 8.50. The van der Waals surface area contributed by atoms with Gasteiger partial charge in [0.05, 0.1) is 12.0 Å². The average Bonchev–Trinajstić information content (AvgIpc) is 3.23. The van der Waals surface area contributed by atoms with E-state index in [0.717, 1.165) is 6.42 Å². The third kappa shape index (κ3) is 4.18. The van der Waals surface area contributed by atoms with Crippen LogP contribution in [0.2, 0.25) is 0 Å². The molecule has 0 aliphatic carbocycles. The number of methoxy groups -OCH3 is 1. The van der Waals surface area contributed by atoms with Gasteiger partial charge in [-0.25, -0.2) is 8.42 Å². The predicted octanol–water partition coefficient (Wildman–Crippen LogP) is 4.16. The second-order valence-corrected chi connectivity index (χ2v) is 9.01. The SMILES string of the molecule is CCC(C)Nc1oc(-c2cccc(OC)c2)nc1S(=O)(=O)c1ccc2c(c1)OCCO2. The van der Waals surface area contributed by atoms with Crippen LogP contribution in [0.4, 0.5) is 5.88 Å². The fraction of sp³-hybridized carbons (Fsp3) is 0.318. The van der Waals surface area contributed by atoms with Crippen LogP contribution in [-0.4, -0.2) is 39.8 Å². The van der Waals surface area contributed by atoms with Gasteiger partial charge in [0.25, 0.3) is 0 Å². The lowest BCUT2D eigenvalue weighted by molar-refractivity contribution is 0.171. The van der Waals surface area contributed by atoms with Crippen LogP contribution in [0, 0.1) is 0 Å². The molecule has 0 saturated heterocycles. The average molecular weight is 445 g/mol. The number of ether oxygens (including phenoxy) is 3. The third-order valence-electron chi connectivity index (χ3n) is 4.98. The standard InChI is InChI=1S/C22H24N2O6S/c1-4-14(2)23-21-22(24-20(30-21)15-6-5-7-16(12-15)27-3)31(25,26)17-8-9-18-19(13-17)29-11-10-28-18/h5-9,12-14,23H,4,10-11H2,1-3H3. The monoisotopic (exact) mass is 444 g/mol. The number of aromatic nitrogens is 1. The number of rotatable bonds is 7. The van der Waals surface area contributed by atoms with Crippen molar-refractivity contribution >= 4 is 15.7 Å². The zero-order valence-corrected chi connectivity index (χ0v) is 18.4. The van der Waals surface area contributed by atoms with Crippen LogP contribution >= 0.6 is 0 Å². The highest BCUT2D eigenvalue weighted by Crippen LogP contribution is 2.37. The van der Waals surface area contributed by atoms with E-state index in [1.165, 1.54) is 12.1 Å². The van der Waals surface area contributed by atoms with Crippen LogP contribution < -0.4 is 19.5 Å². The summed E-state index contributed by atoms with van der Waals surface area (Å²) < 4.78 is 49.2. The highest BCUT2D eigenvalue weighted by molar-refractivity contribution is 7.91. The maximum absolute atomic E-state index is 13.5. The van der Waals surface area contributed by atoms with Crippen LogP contribution in [0.25, 0.3) is 11.5 Å². The molecule has 4 rings (SSSR count). The first-order chi connectivity index (χ1) is 14.9. The molecule has 0 spiro atoms. The maximum Gasteiger partial charge on any atom is 0.234 e. The van der Waals surface area contributed by atoms with Crippen molar-refractivity contribution in [1.82, 2.24) is 4.98 Å². The summed E-state index contributed by atoms with van der Waals surface area (Å²) in [5.74, 6) is 1.80. The Morgan fingerprint density at radius 2 is 1.90 bits per heavy atom. The Hall–Kier alpha value is -3.20. The van der Waals surface area contributed by atoms with Crippen LogP contribution in [0.15, 0.2) is 56.8 Å². The summed E-state index contributed by atoms with van der Waals surface area (Å²) in [5, 5.41) is 2.94. The lowest BCUT2D eigenvalue weighted by Gasteiger charge is -2.18. The lowest BCUT2D eigenvalue weighted by Crippen LogP contribution is -2.17. The molecule has 0 saturated carbocycles. The molecule has 1 aliphatic rings. The zero-order valence-electron chi connectivity index (χ0n) is 17.5. The smallest absolute Gasteiger partial charge is 0.234 e. The van der Waals surface area contributed by atoms with Crippen molar-refractivity contribution in [2.75, 3.05) is 25.6 Å². The Morgan fingerprint density at radius 3 is 2.65 bits per heavy atom. The molecule has 1 atom stereocenters. The van der Waals surface area contributed by atoms with Crippen molar-refractivity contribution in [3.8, 4) is 28.7 Å². The van der Waals surface area contributed by atoms with Crippen molar-refractivity contribution in [1.29, 1.82) is 0 Å². The first-order valence-corrected chi connectivity index (χ1v) is 11.5. The molecule has 2 heterocycles. The van der Waals surface area contributed by atoms with E-state index in [1.54, 1.807) is 37.4 Å². The minimum absolute atomic E-state index is 0.0136. The summed E-state index contributed by atoms with van der Waals surface area (Å²) in [4.78, 5) is 4.41. The molecule has 9 heteroatoms. The molecule has 1 aromatic heterocycles. The quantitative estimate of drug-likeness (QED) is 0.580. The molecule has 164 valence electrons. The molecule has 0 bridgehead atoms. The van der Waals surface area contributed by atoms with Gasteiger partial charge in [-0.2, -0.15) is 4.98 Å². The van der Waals surface area contributed by atoms with Gasteiger partial charge in [0, 0.05) is 17.7 Å². The maximum atomic E-state index is 13.5. The molecule has 31 heavy (non-hydrogen) atoms. The summed E-state index contributed by atoms with van der Waals surface area (Å²) in [5.41, 5.74) is 0.607. The fourth-order valence-corrected chi connectivity index (χ4v) is 4.37. The van der Waals surface area contributed by atoms with Gasteiger partial charge in [-0.15, -0.1) is 0 Å². The topological polar surface area (TPSA) is 99.9 Å². The van der Waals surface area contributed by atoms with E-state index < -0.39 is 9.84 Å². The van der Waals surface area contributed by atoms with Gasteiger partial charge in [-0.1, -0.05) is 13.0 Å². The van der Waals surface area contributed by atoms with Gasteiger partial charge in [-0.3, -0.25) is 0 Å². The summed E-state index contributed by atoms with van der Waals surface area (Å²) in [6.45, 7) is 4.72. The number of nitrogens with one attached hydrogen (secondary N) is 1. The normalized spacial score (nSPS) is 14.2. The molecule has 1 unspecified atom stereocenters. The van der Waals surface area contributed by atoms with Gasteiger partial charge < -0.3 is 23.9 Å². The number of nitrogens with zero attached hydrogens (tertiary/aromatic N) is 1. The lowest BCUT2D eigenvalue weighted by atomic mass is 10.2. The van der Waals surface area contributed by atoms with E-state index in [1.807, 2.05) is 13.8 Å². The minimum Gasteiger partial charge on any atom is -0.497 e. The van der Waals surface area contributed by atoms with Crippen LogP contribution in [0.3, 0.4) is 0 Å². The van der Waals surface area contributed by atoms with E-state index in [0.29, 0.717) is 36.0 Å². The molecule has 0 amide bonds. The van der Waals surface area contributed by atoms with Crippen LogP contribution in [-0.2, 0) is 9.84 Å². The zero-order chi connectivity index (χ0) is 22.0. The number of hydrogen-bond acceptors (Lipinski definition) is 8. The van der Waals surface area contributed by atoms with Crippen molar-refractivity contribution in [2.45, 2.75) is 36.2 Å². The molecule has 2 aromatic carbocycles. The minimum atomic E-state index is -3.99. The summed E-state index contributed by atoms with van der Waals surface area (Å²) >= 11 is 0. The van der Waals surface area contributed by atoms with Gasteiger partial charge >= 0.3 is 0 Å². The number of benzene rings is 2. The van der Waals surface area contributed by atoms with E-state index in [4.69, 9.17) is 18.6 Å². The first-order valence-electron chi connectivity index (χ1n) is 9.99. The second-order valence-electron chi connectivity index (χ2n) is 7.15. The Balaban J connectivity index is 1.80. The van der Waals surface area contributed by atoms with Gasteiger partial charge in [0.15, 0.2) is 11.5 Å². The van der Waals surface area contributed by atoms with E-state index in [2.05, 4.69) is 10.3 Å². The Bertz CT molecular complexity index is 1190. The summed E-state index contributed by atoms with van der Waals surface area (Å²) in [7, 11) is -2.44. The molecular weight excluding hydrogens is 420 g/mol. The summed E-state index contributed by atoms with van der Waals surface area (Å²) in [6, 6.07) is 11.6. The van der Waals surface area contributed by atoms with Crippen molar-refractivity contribution in [3.05, 3.63) is 42.5 Å². The highest BCUT2D eigenvalue weighted by Gasteiger charge is 2.30. The van der Waals surface area contributed by atoms with Gasteiger partial charge in [-0.05, 0) is 43.7 Å². The summed E-state index contributed by atoms with van der Waals surface area (Å²) in [6.07, 6.45) is 0.776. The van der Waals surface area contributed by atoms with E-state index in [9.17, 15) is 8.42 Å².